The highest BCUT2D eigenvalue weighted by molar-refractivity contribution is 4.96. The number of ether oxygens (including phenoxy) is 1. The highest BCUT2D eigenvalue weighted by Gasteiger charge is 2.41. The molecule has 2 bridgehead atoms. The van der Waals surface area contributed by atoms with Crippen LogP contribution in [0.3, 0.4) is 0 Å². The molecule has 3 aliphatic rings. The van der Waals surface area contributed by atoms with E-state index >= 15 is 0 Å². The second kappa shape index (κ2) is 5.27. The van der Waals surface area contributed by atoms with Crippen LogP contribution in [0, 0.1) is 5.92 Å². The van der Waals surface area contributed by atoms with Crippen LogP contribution in [0.5, 0.6) is 0 Å². The van der Waals surface area contributed by atoms with Gasteiger partial charge in [0.1, 0.15) is 0 Å². The fourth-order valence-corrected chi connectivity index (χ4v) is 4.38. The third kappa shape index (κ3) is 2.53. The van der Waals surface area contributed by atoms with E-state index in [1.165, 1.54) is 64.3 Å². The topological polar surface area (TPSA) is 12.5 Å². The monoisotopic (exact) mass is 237 g/mol. The van der Waals surface area contributed by atoms with Gasteiger partial charge in [0.05, 0.1) is 6.10 Å². The van der Waals surface area contributed by atoms with E-state index in [4.69, 9.17) is 4.74 Å². The second-order valence-corrected chi connectivity index (χ2v) is 6.41. The molecule has 0 aromatic heterocycles. The molecule has 17 heavy (non-hydrogen) atoms. The molecule has 0 aromatic carbocycles. The Hall–Kier alpha value is -0.0800. The fourth-order valence-electron chi connectivity index (χ4n) is 4.38. The summed E-state index contributed by atoms with van der Waals surface area (Å²) < 4.78 is 5.58. The van der Waals surface area contributed by atoms with Gasteiger partial charge >= 0.3 is 0 Å². The maximum absolute atomic E-state index is 5.58. The Balaban J connectivity index is 1.57. The van der Waals surface area contributed by atoms with Gasteiger partial charge in [-0.2, -0.15) is 0 Å². The van der Waals surface area contributed by atoms with Crippen molar-refractivity contribution in [3.05, 3.63) is 0 Å². The van der Waals surface area contributed by atoms with Gasteiger partial charge in [0.15, 0.2) is 0 Å². The SMILES string of the molecule is COC1CC2CCC(C1)N2CC1CCCCC1. The predicted molar refractivity (Wildman–Crippen MR) is 70.1 cm³/mol. The summed E-state index contributed by atoms with van der Waals surface area (Å²) in [5.74, 6) is 1.01. The first kappa shape index (κ1) is 12.0. The van der Waals surface area contributed by atoms with Crippen LogP contribution in [-0.4, -0.2) is 36.7 Å². The van der Waals surface area contributed by atoms with Gasteiger partial charge in [0, 0.05) is 25.7 Å². The first-order valence-electron chi connectivity index (χ1n) is 7.65. The third-order valence-electron chi connectivity index (χ3n) is 5.37. The van der Waals surface area contributed by atoms with Crippen LogP contribution in [0.1, 0.15) is 57.8 Å². The summed E-state index contributed by atoms with van der Waals surface area (Å²) in [4.78, 5) is 2.85. The Morgan fingerprint density at radius 2 is 1.59 bits per heavy atom. The molecule has 2 aliphatic heterocycles. The molecule has 0 spiro atoms. The van der Waals surface area contributed by atoms with Crippen molar-refractivity contribution in [3.8, 4) is 0 Å². The molecule has 2 heterocycles. The molecule has 2 nitrogen and oxygen atoms in total. The minimum Gasteiger partial charge on any atom is -0.381 e. The van der Waals surface area contributed by atoms with Crippen molar-refractivity contribution in [1.82, 2.24) is 4.90 Å². The van der Waals surface area contributed by atoms with Crippen molar-refractivity contribution in [2.24, 2.45) is 5.92 Å². The van der Waals surface area contributed by atoms with Crippen molar-refractivity contribution in [2.45, 2.75) is 76.0 Å². The molecule has 2 saturated heterocycles. The zero-order valence-electron chi connectivity index (χ0n) is 11.2. The molecule has 2 unspecified atom stereocenters. The van der Waals surface area contributed by atoms with Gasteiger partial charge in [-0.05, 0) is 44.4 Å². The molecule has 0 amide bonds. The summed E-state index contributed by atoms with van der Waals surface area (Å²) in [6, 6.07) is 1.70. The fraction of sp³-hybridized carbons (Fsp3) is 1.00. The summed E-state index contributed by atoms with van der Waals surface area (Å²) in [7, 11) is 1.89. The van der Waals surface area contributed by atoms with Crippen LogP contribution >= 0.6 is 0 Å². The average molecular weight is 237 g/mol. The van der Waals surface area contributed by atoms with E-state index in [0.717, 1.165) is 18.0 Å². The van der Waals surface area contributed by atoms with E-state index in [2.05, 4.69) is 4.90 Å². The quantitative estimate of drug-likeness (QED) is 0.747. The Morgan fingerprint density at radius 3 is 2.18 bits per heavy atom. The Morgan fingerprint density at radius 1 is 0.941 bits per heavy atom. The van der Waals surface area contributed by atoms with Crippen molar-refractivity contribution in [1.29, 1.82) is 0 Å². The number of rotatable bonds is 3. The lowest BCUT2D eigenvalue weighted by molar-refractivity contribution is -0.00208. The molecular formula is C15H27NO. The van der Waals surface area contributed by atoms with E-state index in [1.807, 2.05) is 7.11 Å². The smallest absolute Gasteiger partial charge is 0.0601 e. The Bertz CT molecular complexity index is 235. The molecule has 0 radical (unpaired) electrons. The van der Waals surface area contributed by atoms with Crippen molar-refractivity contribution in [3.63, 3.8) is 0 Å². The minimum absolute atomic E-state index is 0.551. The maximum atomic E-state index is 5.58. The normalized spacial score (nSPS) is 39.7. The van der Waals surface area contributed by atoms with Gasteiger partial charge < -0.3 is 4.74 Å². The average Bonchev–Trinajstić information content (AvgIpc) is 2.63. The highest BCUT2D eigenvalue weighted by Crippen LogP contribution is 2.38. The predicted octanol–water partition coefficient (Wildman–Crippen LogP) is 3.21. The lowest BCUT2D eigenvalue weighted by atomic mass is 9.87. The number of hydrogen-bond acceptors (Lipinski definition) is 2. The van der Waals surface area contributed by atoms with Gasteiger partial charge in [-0.25, -0.2) is 0 Å². The number of hydrogen-bond donors (Lipinski definition) is 0. The van der Waals surface area contributed by atoms with Crippen LogP contribution in [0.4, 0.5) is 0 Å². The van der Waals surface area contributed by atoms with Gasteiger partial charge in [-0.3, -0.25) is 4.90 Å². The highest BCUT2D eigenvalue weighted by atomic mass is 16.5. The molecule has 3 fully saturated rings. The summed E-state index contributed by atoms with van der Waals surface area (Å²) in [6.07, 6.45) is 13.4. The van der Waals surface area contributed by atoms with E-state index in [0.29, 0.717) is 6.10 Å². The Labute approximate surface area is 106 Å². The first-order chi connectivity index (χ1) is 8.36. The largest absolute Gasteiger partial charge is 0.381 e. The van der Waals surface area contributed by atoms with Crippen LogP contribution < -0.4 is 0 Å². The lowest BCUT2D eigenvalue weighted by Gasteiger charge is -2.40. The summed E-state index contributed by atoms with van der Waals surface area (Å²) in [5, 5.41) is 0. The molecule has 0 aromatic rings. The van der Waals surface area contributed by atoms with E-state index in [-0.39, 0.29) is 0 Å². The van der Waals surface area contributed by atoms with E-state index in [9.17, 15) is 0 Å². The van der Waals surface area contributed by atoms with Crippen LogP contribution in [-0.2, 0) is 4.74 Å². The van der Waals surface area contributed by atoms with Crippen molar-refractivity contribution in [2.75, 3.05) is 13.7 Å². The van der Waals surface area contributed by atoms with Crippen LogP contribution in [0.25, 0.3) is 0 Å². The zero-order chi connectivity index (χ0) is 11.7. The van der Waals surface area contributed by atoms with Gasteiger partial charge in [0.25, 0.3) is 0 Å². The van der Waals surface area contributed by atoms with Gasteiger partial charge in [-0.15, -0.1) is 0 Å². The summed E-state index contributed by atoms with van der Waals surface area (Å²) in [6.45, 7) is 1.39. The standard InChI is InChI=1S/C15H27NO/c1-17-15-9-13-7-8-14(10-15)16(13)11-12-5-3-2-4-6-12/h12-15H,2-11H2,1H3. The molecule has 1 aliphatic carbocycles. The van der Waals surface area contributed by atoms with Crippen LogP contribution in [0.15, 0.2) is 0 Å². The minimum atomic E-state index is 0.551. The van der Waals surface area contributed by atoms with Crippen molar-refractivity contribution >= 4 is 0 Å². The van der Waals surface area contributed by atoms with Crippen molar-refractivity contribution < 1.29 is 4.74 Å². The third-order valence-corrected chi connectivity index (χ3v) is 5.37. The van der Waals surface area contributed by atoms with Gasteiger partial charge in [-0.1, -0.05) is 19.3 Å². The first-order valence-corrected chi connectivity index (χ1v) is 7.65. The lowest BCUT2D eigenvalue weighted by Crippen LogP contribution is -2.47. The van der Waals surface area contributed by atoms with Crippen LogP contribution in [0.2, 0.25) is 0 Å². The number of nitrogens with zero attached hydrogens (tertiary/aromatic N) is 1. The zero-order valence-corrected chi connectivity index (χ0v) is 11.2. The second-order valence-electron chi connectivity index (χ2n) is 6.41. The molecule has 3 rings (SSSR count). The van der Waals surface area contributed by atoms with Gasteiger partial charge in [0.2, 0.25) is 0 Å². The van der Waals surface area contributed by atoms with E-state index in [1.54, 1.807) is 0 Å². The molecule has 1 saturated carbocycles. The molecule has 98 valence electrons. The van der Waals surface area contributed by atoms with E-state index < -0.39 is 0 Å². The number of piperidine rings is 1. The summed E-state index contributed by atoms with van der Waals surface area (Å²) >= 11 is 0. The number of fused-ring (bicyclic) bond motifs is 2. The number of methoxy groups -OCH3 is 1. The summed E-state index contributed by atoms with van der Waals surface area (Å²) in [5.41, 5.74) is 0. The molecule has 2 heteroatoms. The molecule has 0 N–H and O–H groups in total. The molecular weight excluding hydrogens is 210 g/mol. The Kier molecular flexibility index (Phi) is 3.72. The molecule has 2 atom stereocenters. The maximum Gasteiger partial charge on any atom is 0.0601 e.